The number of pyridine rings is 4. The van der Waals surface area contributed by atoms with E-state index in [2.05, 4.69) is 120 Å². The van der Waals surface area contributed by atoms with E-state index < -0.39 is 0 Å². The summed E-state index contributed by atoms with van der Waals surface area (Å²) in [7, 11) is 0. The average molecular weight is 652 g/mol. The Morgan fingerprint density at radius 1 is 0.333 bits per heavy atom. The number of rotatable bonds is 5. The molecule has 238 valence electrons. The summed E-state index contributed by atoms with van der Waals surface area (Å²) in [5.41, 5.74) is 10.7. The molecule has 0 saturated carbocycles. The number of fused-ring (bicyclic) bond motifs is 5. The second kappa shape index (κ2) is 11.9. The Bertz CT molecular complexity index is 2820. The summed E-state index contributed by atoms with van der Waals surface area (Å²) in [4.78, 5) is 20.2. The largest absolute Gasteiger partial charge is 0.292 e. The number of nitrogens with zero attached hydrogens (tertiary/aromatic N) is 5. The summed E-state index contributed by atoms with van der Waals surface area (Å²) < 4.78 is 2.17. The molecule has 5 aromatic carbocycles. The SMILES string of the molecule is c1ccc(-c2c3ccccc3c(-c3cccc(-c4cccc(-c5cccc(-n6c7ccccc7c7ncccc76)n5)n4)n3)c3ccccc23)cc1. The third-order valence-electron chi connectivity index (χ3n) is 9.66. The Morgan fingerprint density at radius 2 is 0.824 bits per heavy atom. The quantitative estimate of drug-likeness (QED) is 0.174. The van der Waals surface area contributed by atoms with E-state index in [1.54, 1.807) is 0 Å². The van der Waals surface area contributed by atoms with E-state index in [1.165, 1.54) is 32.7 Å². The van der Waals surface area contributed by atoms with E-state index in [0.717, 1.165) is 61.8 Å². The van der Waals surface area contributed by atoms with Gasteiger partial charge in [-0.2, -0.15) is 0 Å². The van der Waals surface area contributed by atoms with Crippen molar-refractivity contribution in [2.75, 3.05) is 0 Å². The lowest BCUT2D eigenvalue weighted by Gasteiger charge is -2.17. The minimum atomic E-state index is 0.781. The molecule has 5 heteroatoms. The van der Waals surface area contributed by atoms with Crippen LogP contribution < -0.4 is 0 Å². The van der Waals surface area contributed by atoms with Crippen molar-refractivity contribution in [3.8, 4) is 51.0 Å². The minimum absolute atomic E-state index is 0.781. The van der Waals surface area contributed by atoms with Crippen LogP contribution in [-0.4, -0.2) is 24.5 Å². The van der Waals surface area contributed by atoms with Gasteiger partial charge in [0.15, 0.2) is 0 Å². The van der Waals surface area contributed by atoms with Gasteiger partial charge in [-0.3, -0.25) is 9.55 Å². The molecule has 0 bridgehead atoms. The lowest BCUT2D eigenvalue weighted by atomic mass is 9.87. The van der Waals surface area contributed by atoms with Gasteiger partial charge >= 0.3 is 0 Å². The third-order valence-corrected chi connectivity index (χ3v) is 9.66. The molecule has 0 fully saturated rings. The molecule has 0 N–H and O–H groups in total. The van der Waals surface area contributed by atoms with Gasteiger partial charge in [0.2, 0.25) is 0 Å². The van der Waals surface area contributed by atoms with Crippen LogP contribution in [0.3, 0.4) is 0 Å². The van der Waals surface area contributed by atoms with Crippen LogP contribution in [0.1, 0.15) is 0 Å². The molecular weight excluding hydrogens is 623 g/mol. The number of hydrogen-bond donors (Lipinski definition) is 0. The van der Waals surface area contributed by atoms with Crippen molar-refractivity contribution in [3.63, 3.8) is 0 Å². The van der Waals surface area contributed by atoms with Crippen molar-refractivity contribution >= 4 is 43.5 Å². The summed E-state index contributed by atoms with van der Waals surface area (Å²) in [6, 6.07) is 58.7. The third kappa shape index (κ3) is 4.78. The summed E-state index contributed by atoms with van der Waals surface area (Å²) in [6.07, 6.45) is 1.84. The smallest absolute Gasteiger partial charge is 0.138 e. The van der Waals surface area contributed by atoms with Gasteiger partial charge in [-0.15, -0.1) is 0 Å². The standard InChI is InChI=1S/C46H29N5/c1-2-14-30(15-3-1)44-31-16-4-6-18-33(31)45(34-19-7-5-17-32(34)44)40-25-11-23-37(49-40)36-21-10-22-38(48-36)39-24-12-28-43(50-39)51-41-26-9-8-20-35(41)46-42(51)27-13-29-47-46/h1-29H. The summed E-state index contributed by atoms with van der Waals surface area (Å²) in [6.45, 7) is 0. The van der Waals surface area contributed by atoms with Crippen LogP contribution in [0.4, 0.5) is 0 Å². The molecule has 0 aliphatic rings. The Morgan fingerprint density at radius 3 is 1.49 bits per heavy atom. The van der Waals surface area contributed by atoms with Crippen LogP contribution in [0, 0.1) is 0 Å². The van der Waals surface area contributed by atoms with E-state index in [1.807, 2.05) is 60.8 Å². The molecule has 0 aliphatic carbocycles. The predicted molar refractivity (Wildman–Crippen MR) is 209 cm³/mol. The molecular formula is C46H29N5. The highest BCUT2D eigenvalue weighted by Gasteiger charge is 2.18. The zero-order valence-electron chi connectivity index (χ0n) is 27.5. The molecule has 0 aliphatic heterocycles. The van der Waals surface area contributed by atoms with E-state index in [9.17, 15) is 0 Å². The van der Waals surface area contributed by atoms with Crippen LogP contribution >= 0.6 is 0 Å². The topological polar surface area (TPSA) is 56.5 Å². The highest BCUT2D eigenvalue weighted by Crippen LogP contribution is 2.43. The summed E-state index contributed by atoms with van der Waals surface area (Å²) in [5.74, 6) is 0.816. The zero-order chi connectivity index (χ0) is 33.7. The Balaban J connectivity index is 1.10. The first-order valence-corrected chi connectivity index (χ1v) is 17.1. The fourth-order valence-corrected chi connectivity index (χ4v) is 7.48. The fraction of sp³-hybridized carbons (Fsp3) is 0. The fourth-order valence-electron chi connectivity index (χ4n) is 7.48. The van der Waals surface area contributed by atoms with Crippen LogP contribution in [-0.2, 0) is 0 Å². The summed E-state index contributed by atoms with van der Waals surface area (Å²) in [5, 5.41) is 5.84. The maximum absolute atomic E-state index is 5.28. The van der Waals surface area contributed by atoms with Gasteiger partial charge in [0.05, 0.1) is 45.0 Å². The van der Waals surface area contributed by atoms with Crippen molar-refractivity contribution in [2.45, 2.75) is 0 Å². The number of hydrogen-bond acceptors (Lipinski definition) is 4. The Hall–Kier alpha value is -6.98. The molecule has 10 aromatic rings. The molecule has 51 heavy (non-hydrogen) atoms. The summed E-state index contributed by atoms with van der Waals surface area (Å²) >= 11 is 0. The first kappa shape index (κ1) is 29.0. The molecule has 10 rings (SSSR count). The molecule has 5 aromatic heterocycles. The maximum Gasteiger partial charge on any atom is 0.138 e. The average Bonchev–Trinajstić information content (AvgIpc) is 3.55. The van der Waals surface area contributed by atoms with Crippen molar-refractivity contribution in [2.24, 2.45) is 0 Å². The monoisotopic (exact) mass is 651 g/mol. The van der Waals surface area contributed by atoms with Gasteiger partial charge in [-0.1, -0.05) is 115 Å². The van der Waals surface area contributed by atoms with E-state index in [0.29, 0.717) is 0 Å². The lowest BCUT2D eigenvalue weighted by Crippen LogP contribution is -1.99. The first-order valence-electron chi connectivity index (χ1n) is 17.1. The number of aromatic nitrogens is 5. The number of benzene rings is 5. The highest BCUT2D eigenvalue weighted by atomic mass is 15.1. The second-order valence-corrected chi connectivity index (χ2v) is 12.6. The molecule has 0 unspecified atom stereocenters. The lowest BCUT2D eigenvalue weighted by molar-refractivity contribution is 1.07. The molecule has 5 nitrogen and oxygen atoms in total. The van der Waals surface area contributed by atoms with Crippen LogP contribution in [0.25, 0.3) is 94.5 Å². The van der Waals surface area contributed by atoms with Gasteiger partial charge in [0.25, 0.3) is 0 Å². The molecule has 0 atom stereocenters. The van der Waals surface area contributed by atoms with Crippen LogP contribution in [0.2, 0.25) is 0 Å². The maximum atomic E-state index is 5.28. The van der Waals surface area contributed by atoms with Gasteiger partial charge in [-0.25, -0.2) is 15.0 Å². The van der Waals surface area contributed by atoms with E-state index in [-0.39, 0.29) is 0 Å². The van der Waals surface area contributed by atoms with Gasteiger partial charge in [0, 0.05) is 17.1 Å². The Labute approximate surface area is 294 Å². The van der Waals surface area contributed by atoms with Gasteiger partial charge in [-0.05, 0) is 87.3 Å². The van der Waals surface area contributed by atoms with Crippen molar-refractivity contribution in [1.29, 1.82) is 0 Å². The number of para-hydroxylation sites is 1. The molecule has 0 radical (unpaired) electrons. The predicted octanol–water partition coefficient (Wildman–Crippen LogP) is 11.3. The molecule has 0 amide bonds. The van der Waals surface area contributed by atoms with Crippen molar-refractivity contribution < 1.29 is 0 Å². The van der Waals surface area contributed by atoms with E-state index >= 15 is 0 Å². The van der Waals surface area contributed by atoms with Gasteiger partial charge < -0.3 is 0 Å². The second-order valence-electron chi connectivity index (χ2n) is 12.6. The molecule has 5 heterocycles. The normalized spacial score (nSPS) is 11.5. The Kier molecular flexibility index (Phi) is 6.74. The molecule has 0 spiro atoms. The van der Waals surface area contributed by atoms with Crippen LogP contribution in [0.15, 0.2) is 176 Å². The highest BCUT2D eigenvalue weighted by molar-refractivity contribution is 6.21. The van der Waals surface area contributed by atoms with Crippen LogP contribution in [0.5, 0.6) is 0 Å². The minimum Gasteiger partial charge on any atom is -0.292 e. The zero-order valence-corrected chi connectivity index (χ0v) is 27.5. The van der Waals surface area contributed by atoms with Gasteiger partial charge in [0.1, 0.15) is 5.82 Å². The van der Waals surface area contributed by atoms with Crippen molar-refractivity contribution in [3.05, 3.63) is 176 Å². The molecule has 0 saturated heterocycles. The van der Waals surface area contributed by atoms with Crippen molar-refractivity contribution in [1.82, 2.24) is 24.5 Å². The first-order chi connectivity index (χ1) is 25.3. The van der Waals surface area contributed by atoms with E-state index in [4.69, 9.17) is 19.9 Å².